The Morgan fingerprint density at radius 2 is 1.77 bits per heavy atom. The summed E-state index contributed by atoms with van der Waals surface area (Å²) in [5.41, 5.74) is 3.14. The third-order valence-corrected chi connectivity index (χ3v) is 3.88. The lowest BCUT2D eigenvalue weighted by molar-refractivity contribution is 0.586. The molecule has 6 heteroatoms. The summed E-state index contributed by atoms with van der Waals surface area (Å²) in [4.78, 5) is 0. The van der Waals surface area contributed by atoms with Crippen LogP contribution in [0.15, 0.2) is 60.7 Å². The fourth-order valence-electron chi connectivity index (χ4n) is 2.54. The monoisotopic (exact) mass is 309 g/mol. The second-order valence-corrected chi connectivity index (χ2v) is 5.45. The number of fused-ring (bicyclic) bond motifs is 1. The predicted molar refractivity (Wildman–Crippen MR) is 85.4 cm³/mol. The molecular formula is C16H12ClN5. The van der Waals surface area contributed by atoms with E-state index in [1.165, 1.54) is 0 Å². The number of nitrogens with zero attached hydrogens (tertiary/aromatic N) is 4. The molecule has 0 fully saturated rings. The first-order chi connectivity index (χ1) is 10.8. The van der Waals surface area contributed by atoms with Crippen molar-refractivity contribution in [2.45, 2.75) is 6.04 Å². The number of anilines is 1. The lowest BCUT2D eigenvalue weighted by Gasteiger charge is -2.23. The number of allylic oxidation sites excluding steroid dienone is 1. The molecular weight excluding hydrogens is 298 g/mol. The lowest BCUT2D eigenvalue weighted by atomic mass is 10.0. The maximum Gasteiger partial charge on any atom is 0.248 e. The molecule has 1 N–H and O–H groups in total. The molecule has 0 radical (unpaired) electrons. The summed E-state index contributed by atoms with van der Waals surface area (Å²) in [7, 11) is 0. The zero-order chi connectivity index (χ0) is 14.9. The van der Waals surface area contributed by atoms with Crippen LogP contribution in [-0.4, -0.2) is 20.2 Å². The standard InChI is InChI=1S/C16H12ClN5/c17-13-8-6-11(7-9-13)14-10-15(12-4-2-1-3-5-12)22-16(18-14)19-20-21-22/h1-10,15H,(H,18,19,21)/t15-/m1/s1. The van der Waals surface area contributed by atoms with Crippen LogP contribution in [0.4, 0.5) is 5.95 Å². The zero-order valence-corrected chi connectivity index (χ0v) is 12.3. The first-order valence-corrected chi connectivity index (χ1v) is 7.27. The molecule has 0 saturated heterocycles. The summed E-state index contributed by atoms with van der Waals surface area (Å²) in [5.74, 6) is 0.626. The van der Waals surface area contributed by atoms with Gasteiger partial charge in [0.15, 0.2) is 0 Å². The van der Waals surface area contributed by atoms with Crippen LogP contribution in [-0.2, 0) is 0 Å². The van der Waals surface area contributed by atoms with Gasteiger partial charge in [-0.25, -0.2) is 0 Å². The Balaban J connectivity index is 1.81. The van der Waals surface area contributed by atoms with Crippen molar-refractivity contribution in [3.63, 3.8) is 0 Å². The number of hydrogen-bond acceptors (Lipinski definition) is 4. The van der Waals surface area contributed by atoms with Gasteiger partial charge in [-0.15, -0.1) is 0 Å². The Morgan fingerprint density at radius 1 is 1.00 bits per heavy atom. The third kappa shape index (κ3) is 2.25. The van der Waals surface area contributed by atoms with Gasteiger partial charge in [0.05, 0.1) is 0 Å². The van der Waals surface area contributed by atoms with Gasteiger partial charge in [-0.2, -0.15) is 4.68 Å². The summed E-state index contributed by atoms with van der Waals surface area (Å²) < 4.78 is 1.77. The molecule has 5 nitrogen and oxygen atoms in total. The van der Waals surface area contributed by atoms with Crippen LogP contribution in [0.5, 0.6) is 0 Å². The highest BCUT2D eigenvalue weighted by Gasteiger charge is 2.23. The summed E-state index contributed by atoms with van der Waals surface area (Å²) in [6, 6.07) is 17.8. The summed E-state index contributed by atoms with van der Waals surface area (Å²) >= 11 is 5.96. The van der Waals surface area contributed by atoms with E-state index in [0.717, 1.165) is 16.8 Å². The number of tetrazole rings is 1. The average Bonchev–Trinajstić information content (AvgIpc) is 3.04. The fraction of sp³-hybridized carbons (Fsp3) is 0.0625. The van der Waals surface area contributed by atoms with Crippen molar-refractivity contribution in [1.29, 1.82) is 0 Å². The Kier molecular flexibility index (Phi) is 3.12. The van der Waals surface area contributed by atoms with Crippen LogP contribution in [0.3, 0.4) is 0 Å². The summed E-state index contributed by atoms with van der Waals surface area (Å²) in [6.07, 6.45) is 2.11. The van der Waals surface area contributed by atoms with Crippen molar-refractivity contribution in [2.75, 3.05) is 5.32 Å². The van der Waals surface area contributed by atoms with Crippen molar-refractivity contribution >= 4 is 23.2 Å². The van der Waals surface area contributed by atoms with E-state index in [1.54, 1.807) is 4.68 Å². The molecule has 1 aliphatic heterocycles. The second-order valence-electron chi connectivity index (χ2n) is 5.01. The van der Waals surface area contributed by atoms with Gasteiger partial charge in [0.2, 0.25) is 5.95 Å². The Bertz CT molecular complexity index is 823. The highest BCUT2D eigenvalue weighted by Crippen LogP contribution is 2.31. The molecule has 1 atom stereocenters. The number of nitrogens with one attached hydrogen (secondary N) is 1. The average molecular weight is 310 g/mol. The second kappa shape index (κ2) is 5.27. The van der Waals surface area contributed by atoms with Gasteiger partial charge in [0.1, 0.15) is 6.04 Å². The Morgan fingerprint density at radius 3 is 2.55 bits per heavy atom. The molecule has 1 aromatic heterocycles. The van der Waals surface area contributed by atoms with Gasteiger partial charge < -0.3 is 5.32 Å². The number of benzene rings is 2. The van der Waals surface area contributed by atoms with E-state index >= 15 is 0 Å². The zero-order valence-electron chi connectivity index (χ0n) is 11.5. The summed E-state index contributed by atoms with van der Waals surface area (Å²) in [5, 5.41) is 15.9. The maximum absolute atomic E-state index is 5.96. The van der Waals surface area contributed by atoms with Crippen LogP contribution in [0.1, 0.15) is 17.2 Å². The number of hydrogen-bond donors (Lipinski definition) is 1. The maximum atomic E-state index is 5.96. The number of halogens is 1. The molecule has 0 saturated carbocycles. The Hall–Kier alpha value is -2.66. The van der Waals surface area contributed by atoms with Crippen molar-refractivity contribution in [2.24, 2.45) is 0 Å². The van der Waals surface area contributed by atoms with Gasteiger partial charge in [-0.3, -0.25) is 0 Å². The molecule has 4 rings (SSSR count). The van der Waals surface area contributed by atoms with E-state index in [0.29, 0.717) is 11.0 Å². The number of aromatic nitrogens is 4. The molecule has 0 unspecified atom stereocenters. The molecule has 108 valence electrons. The normalized spacial score (nSPS) is 16.6. The molecule has 0 amide bonds. The van der Waals surface area contributed by atoms with Crippen molar-refractivity contribution in [3.05, 3.63) is 76.8 Å². The smallest absolute Gasteiger partial charge is 0.248 e. The van der Waals surface area contributed by atoms with Gasteiger partial charge >= 0.3 is 0 Å². The van der Waals surface area contributed by atoms with E-state index in [-0.39, 0.29) is 6.04 Å². The highest BCUT2D eigenvalue weighted by molar-refractivity contribution is 6.30. The lowest BCUT2D eigenvalue weighted by Crippen LogP contribution is -2.20. The fourth-order valence-corrected chi connectivity index (χ4v) is 2.67. The molecule has 0 spiro atoms. The van der Waals surface area contributed by atoms with Gasteiger partial charge in [-0.1, -0.05) is 59.2 Å². The van der Waals surface area contributed by atoms with Crippen LogP contribution in [0.25, 0.3) is 5.70 Å². The SMILES string of the molecule is Clc1ccc(C2=C[C@H](c3ccccc3)n3nnnc3N2)cc1. The summed E-state index contributed by atoms with van der Waals surface area (Å²) in [6.45, 7) is 0. The van der Waals surface area contributed by atoms with Crippen LogP contribution >= 0.6 is 11.6 Å². The van der Waals surface area contributed by atoms with E-state index in [1.807, 2.05) is 42.5 Å². The molecule has 22 heavy (non-hydrogen) atoms. The van der Waals surface area contributed by atoms with Crippen molar-refractivity contribution in [3.8, 4) is 0 Å². The van der Waals surface area contributed by atoms with E-state index < -0.39 is 0 Å². The van der Waals surface area contributed by atoms with Crippen LogP contribution < -0.4 is 5.32 Å². The van der Waals surface area contributed by atoms with Crippen molar-refractivity contribution in [1.82, 2.24) is 20.2 Å². The number of rotatable bonds is 2. The largest absolute Gasteiger partial charge is 0.323 e. The van der Waals surface area contributed by atoms with Gasteiger partial charge in [0, 0.05) is 10.7 Å². The molecule has 2 aromatic carbocycles. The van der Waals surface area contributed by atoms with Crippen LogP contribution in [0, 0.1) is 0 Å². The van der Waals surface area contributed by atoms with E-state index in [9.17, 15) is 0 Å². The van der Waals surface area contributed by atoms with Gasteiger partial charge in [-0.05, 0) is 39.8 Å². The molecule has 1 aliphatic rings. The van der Waals surface area contributed by atoms with Crippen molar-refractivity contribution < 1.29 is 0 Å². The Labute approximate surface area is 132 Å². The van der Waals surface area contributed by atoms with Crippen LogP contribution in [0.2, 0.25) is 5.02 Å². The first-order valence-electron chi connectivity index (χ1n) is 6.89. The van der Waals surface area contributed by atoms with E-state index in [2.05, 4.69) is 39.1 Å². The first kappa shape index (κ1) is 13.0. The van der Waals surface area contributed by atoms with Gasteiger partial charge in [0.25, 0.3) is 0 Å². The topological polar surface area (TPSA) is 55.6 Å². The molecule has 0 aliphatic carbocycles. The molecule has 2 heterocycles. The quantitative estimate of drug-likeness (QED) is 0.788. The highest BCUT2D eigenvalue weighted by atomic mass is 35.5. The van der Waals surface area contributed by atoms with E-state index in [4.69, 9.17) is 11.6 Å². The predicted octanol–water partition coefficient (Wildman–Crippen LogP) is 3.38. The molecule has 3 aromatic rings. The minimum atomic E-state index is -0.0434. The molecule has 0 bridgehead atoms. The third-order valence-electron chi connectivity index (χ3n) is 3.62. The minimum Gasteiger partial charge on any atom is -0.323 e. The minimum absolute atomic E-state index is 0.0434.